The molecule has 1 aromatic heterocycles. The molecule has 11 heteroatoms. The Morgan fingerprint density at radius 2 is 1.82 bits per heavy atom. The summed E-state index contributed by atoms with van der Waals surface area (Å²) < 4.78 is 12.4. The Bertz CT molecular complexity index is 1250. The highest BCUT2D eigenvalue weighted by Gasteiger charge is 2.29. The van der Waals surface area contributed by atoms with Crippen molar-refractivity contribution in [3.63, 3.8) is 0 Å². The lowest BCUT2D eigenvalue weighted by atomic mass is 9.90. The number of tetrazole rings is 1. The maximum absolute atomic E-state index is 13.0. The third-order valence-electron chi connectivity index (χ3n) is 5.28. The summed E-state index contributed by atoms with van der Waals surface area (Å²) in [6.07, 6.45) is 0.668. The number of carbonyl (C=O) groups excluding carboxylic acids is 1. The molecule has 1 atom stereocenters. The van der Waals surface area contributed by atoms with E-state index in [0.717, 1.165) is 17.0 Å². The molecule has 0 fully saturated rings. The minimum Gasteiger partial charge on any atom is -0.493 e. The number of aliphatic imine (C=N–C) groups is 2. The van der Waals surface area contributed by atoms with E-state index in [2.05, 4.69) is 20.8 Å². The molecule has 34 heavy (non-hydrogen) atoms. The molecule has 0 radical (unpaired) electrons. The van der Waals surface area contributed by atoms with Gasteiger partial charge in [0.25, 0.3) is 0 Å². The Balaban J connectivity index is 1.72. The Morgan fingerprint density at radius 1 is 1.09 bits per heavy atom. The van der Waals surface area contributed by atoms with Gasteiger partial charge >= 0.3 is 0 Å². The number of carbonyl (C=O) groups is 1. The summed E-state index contributed by atoms with van der Waals surface area (Å²) in [5, 5.41) is 14.9. The third-order valence-corrected chi connectivity index (χ3v) is 6.29. The number of thioether (sulfide) groups is 1. The van der Waals surface area contributed by atoms with Crippen molar-refractivity contribution < 1.29 is 14.3 Å². The fraction of sp³-hybridized carbons (Fsp3) is 0.304. The van der Waals surface area contributed by atoms with Gasteiger partial charge in [-0.2, -0.15) is 0 Å². The van der Waals surface area contributed by atoms with E-state index in [-0.39, 0.29) is 17.6 Å². The van der Waals surface area contributed by atoms with Gasteiger partial charge in [-0.1, -0.05) is 36.9 Å². The quantitative estimate of drug-likeness (QED) is 0.516. The molecule has 2 heterocycles. The molecule has 4 rings (SSSR count). The first-order valence-electron chi connectivity index (χ1n) is 10.7. The van der Waals surface area contributed by atoms with Gasteiger partial charge in [-0.15, -0.1) is 5.10 Å². The molecular formula is C23H25N7O3S. The Labute approximate surface area is 201 Å². The predicted octanol–water partition coefficient (Wildman–Crippen LogP) is 3.45. The van der Waals surface area contributed by atoms with E-state index in [4.69, 9.17) is 19.5 Å². The zero-order valence-electron chi connectivity index (χ0n) is 19.3. The second-order valence-electron chi connectivity index (χ2n) is 7.41. The summed E-state index contributed by atoms with van der Waals surface area (Å²) in [6.45, 7) is 2.04. The SMILES string of the molecule is CCC1=Nc2ccccc2N=C(NC(=O)CSc2nnnn2C)[C@H]1c1ccc(OC)c(OC)c1. The van der Waals surface area contributed by atoms with Crippen LogP contribution in [0.3, 0.4) is 0 Å². The molecule has 0 aliphatic carbocycles. The van der Waals surface area contributed by atoms with Crippen molar-refractivity contribution in [1.82, 2.24) is 25.5 Å². The number of benzene rings is 2. The van der Waals surface area contributed by atoms with Crippen LogP contribution in [0.15, 0.2) is 57.6 Å². The van der Waals surface area contributed by atoms with Gasteiger partial charge in [0.05, 0.1) is 37.3 Å². The molecular weight excluding hydrogens is 454 g/mol. The fourth-order valence-corrected chi connectivity index (χ4v) is 4.29. The molecule has 1 aliphatic rings. The van der Waals surface area contributed by atoms with Crippen molar-refractivity contribution in [3.05, 3.63) is 48.0 Å². The number of hydrogen-bond donors (Lipinski definition) is 1. The van der Waals surface area contributed by atoms with E-state index >= 15 is 0 Å². The summed E-state index contributed by atoms with van der Waals surface area (Å²) in [5.41, 5.74) is 3.21. The number of aryl methyl sites for hydroxylation is 1. The first kappa shape index (κ1) is 23.4. The zero-order chi connectivity index (χ0) is 24.1. The van der Waals surface area contributed by atoms with Gasteiger partial charge in [0.15, 0.2) is 11.5 Å². The average Bonchev–Trinajstić information content (AvgIpc) is 3.19. The van der Waals surface area contributed by atoms with E-state index in [1.54, 1.807) is 21.3 Å². The second-order valence-corrected chi connectivity index (χ2v) is 8.35. The monoisotopic (exact) mass is 479 g/mol. The van der Waals surface area contributed by atoms with Crippen LogP contribution in [0.1, 0.15) is 24.8 Å². The number of hydrogen-bond acceptors (Lipinski definition) is 9. The fourth-order valence-electron chi connectivity index (χ4n) is 3.64. The van der Waals surface area contributed by atoms with Gasteiger partial charge in [0.2, 0.25) is 11.1 Å². The number of rotatable bonds is 7. The number of ether oxygens (including phenoxy) is 2. The van der Waals surface area contributed by atoms with E-state index in [0.29, 0.717) is 34.6 Å². The van der Waals surface area contributed by atoms with Crippen LogP contribution in [-0.2, 0) is 11.8 Å². The third kappa shape index (κ3) is 4.93. The molecule has 0 unspecified atom stereocenters. The number of para-hydroxylation sites is 2. The van der Waals surface area contributed by atoms with Crippen LogP contribution >= 0.6 is 11.8 Å². The molecule has 10 nitrogen and oxygen atoms in total. The molecule has 0 saturated carbocycles. The standard InChI is InChI=1S/C23H25N7O3S/c1-5-15-21(14-10-11-18(32-3)19(12-14)33-4)22(25-17-9-7-6-8-16(17)24-15)26-20(31)13-34-23-27-28-29-30(23)2/h6-12,21H,5,13H2,1-4H3,(H,25,26,31)/t21-/m0/s1. The highest BCUT2D eigenvalue weighted by atomic mass is 32.2. The number of aromatic nitrogens is 4. The van der Waals surface area contributed by atoms with Crippen LogP contribution in [0.5, 0.6) is 11.5 Å². The van der Waals surface area contributed by atoms with Crippen LogP contribution in [0.25, 0.3) is 0 Å². The first-order valence-corrected chi connectivity index (χ1v) is 11.6. The lowest BCUT2D eigenvalue weighted by molar-refractivity contribution is -0.117. The summed E-state index contributed by atoms with van der Waals surface area (Å²) in [4.78, 5) is 22.7. The van der Waals surface area contributed by atoms with Crippen LogP contribution in [0.2, 0.25) is 0 Å². The molecule has 0 spiro atoms. The Hall–Kier alpha value is -3.73. The zero-order valence-corrected chi connectivity index (χ0v) is 20.2. The molecule has 176 valence electrons. The smallest absolute Gasteiger partial charge is 0.235 e. The van der Waals surface area contributed by atoms with Gasteiger partial charge < -0.3 is 14.8 Å². The minimum absolute atomic E-state index is 0.131. The van der Waals surface area contributed by atoms with Crippen molar-refractivity contribution in [2.75, 3.05) is 20.0 Å². The highest BCUT2D eigenvalue weighted by molar-refractivity contribution is 7.99. The lowest BCUT2D eigenvalue weighted by Crippen LogP contribution is -2.38. The van der Waals surface area contributed by atoms with Gasteiger partial charge in [0, 0.05) is 12.8 Å². The van der Waals surface area contributed by atoms with Gasteiger partial charge in [-0.3, -0.25) is 9.79 Å². The van der Waals surface area contributed by atoms with Crippen LogP contribution in [-0.4, -0.2) is 57.6 Å². The van der Waals surface area contributed by atoms with Gasteiger partial charge in [0.1, 0.15) is 5.84 Å². The number of amides is 1. The van der Waals surface area contributed by atoms with E-state index in [1.165, 1.54) is 16.4 Å². The normalized spacial score (nSPS) is 15.0. The Morgan fingerprint density at radius 3 is 2.47 bits per heavy atom. The lowest BCUT2D eigenvalue weighted by Gasteiger charge is -2.22. The summed E-state index contributed by atoms with van der Waals surface area (Å²) in [6, 6.07) is 13.3. The second kappa shape index (κ2) is 10.5. The summed E-state index contributed by atoms with van der Waals surface area (Å²) >= 11 is 1.25. The van der Waals surface area contributed by atoms with Crippen LogP contribution < -0.4 is 14.8 Å². The Kier molecular flexibility index (Phi) is 7.21. The van der Waals surface area contributed by atoms with Crippen molar-refractivity contribution in [1.29, 1.82) is 0 Å². The van der Waals surface area contributed by atoms with Crippen molar-refractivity contribution in [2.24, 2.45) is 17.0 Å². The van der Waals surface area contributed by atoms with E-state index < -0.39 is 0 Å². The predicted molar refractivity (Wildman–Crippen MR) is 131 cm³/mol. The molecule has 1 aliphatic heterocycles. The largest absolute Gasteiger partial charge is 0.493 e. The average molecular weight is 480 g/mol. The van der Waals surface area contributed by atoms with Crippen molar-refractivity contribution in [3.8, 4) is 11.5 Å². The summed E-state index contributed by atoms with van der Waals surface area (Å²) in [5.74, 6) is 1.25. The maximum Gasteiger partial charge on any atom is 0.235 e. The molecule has 3 aromatic rings. The molecule has 1 N–H and O–H groups in total. The maximum atomic E-state index is 13.0. The number of nitrogens with zero attached hydrogens (tertiary/aromatic N) is 6. The topological polar surface area (TPSA) is 116 Å². The van der Waals surface area contributed by atoms with E-state index in [1.807, 2.05) is 49.4 Å². The molecule has 0 bridgehead atoms. The highest BCUT2D eigenvalue weighted by Crippen LogP contribution is 2.37. The summed E-state index contributed by atoms with van der Waals surface area (Å²) in [7, 11) is 4.91. The van der Waals surface area contributed by atoms with Crippen LogP contribution in [0.4, 0.5) is 11.4 Å². The van der Waals surface area contributed by atoms with Crippen molar-refractivity contribution in [2.45, 2.75) is 24.4 Å². The molecule has 2 aromatic carbocycles. The molecule has 0 saturated heterocycles. The molecule has 1 amide bonds. The van der Waals surface area contributed by atoms with E-state index in [9.17, 15) is 4.79 Å². The van der Waals surface area contributed by atoms with Gasteiger partial charge in [-0.05, 0) is 46.7 Å². The number of nitrogens with one attached hydrogen (secondary N) is 1. The van der Waals surface area contributed by atoms with Gasteiger partial charge in [-0.25, -0.2) is 9.67 Å². The first-order chi connectivity index (χ1) is 16.5. The number of amidine groups is 1. The number of fused-ring (bicyclic) bond motifs is 1. The van der Waals surface area contributed by atoms with Crippen molar-refractivity contribution >= 4 is 40.6 Å². The number of methoxy groups -OCH3 is 2. The van der Waals surface area contributed by atoms with Crippen LogP contribution in [0, 0.1) is 0 Å². The minimum atomic E-state index is -0.373.